The summed E-state index contributed by atoms with van der Waals surface area (Å²) in [5.41, 5.74) is 5.21. The monoisotopic (exact) mass is 716 g/mol. The Kier molecular flexibility index (Phi) is 9.20. The van der Waals surface area contributed by atoms with Gasteiger partial charge in [-0.25, -0.2) is 9.00 Å². The molecule has 3 aliphatic heterocycles. The zero-order chi connectivity index (χ0) is 35.4. The number of ether oxygens (including phenoxy) is 3. The third-order valence-corrected chi connectivity index (χ3v) is 14.5. The molecule has 51 heavy (non-hydrogen) atoms. The summed E-state index contributed by atoms with van der Waals surface area (Å²) in [6, 6.07) is 11.7. The molecule has 2 bridgehead atoms. The number of nitrogens with zero attached hydrogens (tertiary/aromatic N) is 2. The van der Waals surface area contributed by atoms with Crippen LogP contribution < -0.4 is 19.7 Å². The first kappa shape index (κ1) is 34.7. The highest BCUT2D eigenvalue weighted by atomic mass is 32.2. The van der Waals surface area contributed by atoms with E-state index in [2.05, 4.69) is 56.6 Å². The fraction of sp³-hybridized carbons (Fsp3) is 0.600. The smallest absolute Gasteiger partial charge is 0.327 e. The molecule has 0 radical (unpaired) electrons. The predicted octanol–water partition coefficient (Wildman–Crippen LogP) is 6.11. The van der Waals surface area contributed by atoms with E-state index in [4.69, 9.17) is 14.2 Å². The van der Waals surface area contributed by atoms with Gasteiger partial charge in [-0.15, -0.1) is 4.36 Å². The maximum atomic E-state index is 14.5. The van der Waals surface area contributed by atoms with E-state index >= 15 is 0 Å². The molecule has 2 N–H and O–H groups in total. The highest BCUT2D eigenvalue weighted by Crippen LogP contribution is 2.48. The molecular weight excluding hydrogens is 665 g/mol. The molecule has 10 nitrogen and oxygen atoms in total. The number of aryl methyl sites for hydroxylation is 2. The number of anilines is 1. The van der Waals surface area contributed by atoms with Crippen LogP contribution in [0.2, 0.25) is 0 Å². The van der Waals surface area contributed by atoms with Crippen LogP contribution >= 0.6 is 0 Å². The summed E-state index contributed by atoms with van der Waals surface area (Å²) in [6.45, 7) is 7.72. The first-order chi connectivity index (χ1) is 24.5. The number of nitrogens with one attached hydrogen (secondary N) is 2. The van der Waals surface area contributed by atoms with Crippen molar-refractivity contribution in [1.29, 1.82) is 0 Å². The molecule has 8 rings (SSSR count). The van der Waals surface area contributed by atoms with Crippen molar-refractivity contribution in [1.82, 2.24) is 10.0 Å². The lowest BCUT2D eigenvalue weighted by Crippen LogP contribution is -2.61. The fourth-order valence-electron chi connectivity index (χ4n) is 9.60. The Labute approximate surface area is 302 Å². The van der Waals surface area contributed by atoms with Crippen LogP contribution in [0.15, 0.2) is 52.9 Å². The van der Waals surface area contributed by atoms with E-state index in [9.17, 15) is 13.8 Å². The zero-order valence-electron chi connectivity index (χ0n) is 30.2. The Bertz CT molecular complexity index is 1840. The Morgan fingerprint density at radius 2 is 1.96 bits per heavy atom. The van der Waals surface area contributed by atoms with Gasteiger partial charge in [-0.2, -0.15) is 0 Å². The molecule has 274 valence electrons. The van der Waals surface area contributed by atoms with Crippen molar-refractivity contribution in [2.75, 3.05) is 50.7 Å². The number of amides is 3. The van der Waals surface area contributed by atoms with Gasteiger partial charge in [-0.1, -0.05) is 42.8 Å². The van der Waals surface area contributed by atoms with Crippen molar-refractivity contribution in [3.05, 3.63) is 70.8 Å². The maximum Gasteiger partial charge on any atom is 0.327 e. The van der Waals surface area contributed by atoms with E-state index in [-0.39, 0.29) is 34.6 Å². The SMILES string of the molecule is CO[C@H]1/C=C/C[C@H](C)CS(=O)(NC(=O)NC2CC3(COC3)C2)=NC(=O)c2ccc3c(c2)N(C[C@@H]2CC[C@H]21)C[C@@]1(CCCc2cc(C)ccc21)CO3. The number of hydrogen-bond acceptors (Lipinski definition) is 7. The summed E-state index contributed by atoms with van der Waals surface area (Å²) in [4.78, 5) is 29.6. The third-order valence-electron chi connectivity index (χ3n) is 12.5. The molecule has 3 amide bonds. The number of fused-ring (bicyclic) bond motifs is 4. The average molecular weight is 717 g/mol. The van der Waals surface area contributed by atoms with E-state index in [0.717, 1.165) is 82.7 Å². The Hall–Kier alpha value is -3.41. The number of benzene rings is 2. The van der Waals surface area contributed by atoms with Crippen molar-refractivity contribution in [3.8, 4) is 5.75 Å². The van der Waals surface area contributed by atoms with Gasteiger partial charge in [-0.3, -0.25) is 9.52 Å². The second-order valence-corrected chi connectivity index (χ2v) is 18.5. The first-order valence-electron chi connectivity index (χ1n) is 18.8. The molecule has 2 aromatic rings. The van der Waals surface area contributed by atoms with Crippen molar-refractivity contribution in [2.24, 2.45) is 27.5 Å². The van der Waals surface area contributed by atoms with Gasteiger partial charge in [0, 0.05) is 42.6 Å². The van der Waals surface area contributed by atoms with Crippen LogP contribution in [0, 0.1) is 30.1 Å². The van der Waals surface area contributed by atoms with E-state index in [1.165, 1.54) is 16.7 Å². The molecule has 2 saturated carbocycles. The van der Waals surface area contributed by atoms with Crippen LogP contribution in [0.5, 0.6) is 5.75 Å². The van der Waals surface area contributed by atoms with Gasteiger partial charge < -0.3 is 24.4 Å². The second-order valence-electron chi connectivity index (χ2n) is 16.5. The summed E-state index contributed by atoms with van der Waals surface area (Å²) in [5, 5.41) is 2.96. The molecule has 3 aliphatic carbocycles. The van der Waals surface area contributed by atoms with Crippen LogP contribution in [0.1, 0.15) is 78.9 Å². The lowest BCUT2D eigenvalue weighted by Gasteiger charge is -2.53. The molecule has 6 atom stereocenters. The minimum absolute atomic E-state index is 0.0144. The normalized spacial score (nSPS) is 33.5. The predicted molar refractivity (Wildman–Crippen MR) is 198 cm³/mol. The molecule has 6 aliphatic rings. The zero-order valence-corrected chi connectivity index (χ0v) is 31.0. The summed E-state index contributed by atoms with van der Waals surface area (Å²) < 4.78 is 39.6. The molecule has 3 fully saturated rings. The average Bonchev–Trinajstić information content (AvgIpc) is 3.19. The summed E-state index contributed by atoms with van der Waals surface area (Å²) in [7, 11) is -1.68. The Morgan fingerprint density at radius 1 is 1.12 bits per heavy atom. The van der Waals surface area contributed by atoms with Crippen LogP contribution in [0.25, 0.3) is 0 Å². The number of allylic oxidation sites excluding steroid dienone is 1. The third kappa shape index (κ3) is 6.81. The van der Waals surface area contributed by atoms with Gasteiger partial charge in [-0.05, 0) is 105 Å². The van der Waals surface area contributed by atoms with Gasteiger partial charge in [0.15, 0.2) is 0 Å². The van der Waals surface area contributed by atoms with Crippen LogP contribution in [0.3, 0.4) is 0 Å². The molecule has 2 spiro atoms. The number of carbonyl (C=O) groups excluding carboxylic acids is 2. The topological polar surface area (TPSA) is 119 Å². The number of rotatable bonds is 3. The molecule has 11 heteroatoms. The lowest BCUT2D eigenvalue weighted by atomic mass is 9.64. The Balaban J connectivity index is 1.14. The minimum Gasteiger partial charge on any atom is -0.490 e. The van der Waals surface area contributed by atoms with Crippen LogP contribution in [0.4, 0.5) is 10.5 Å². The molecule has 3 heterocycles. The van der Waals surface area contributed by atoms with E-state index in [0.29, 0.717) is 30.4 Å². The van der Waals surface area contributed by atoms with Gasteiger partial charge >= 0.3 is 6.03 Å². The van der Waals surface area contributed by atoms with Crippen LogP contribution in [-0.2, 0) is 31.2 Å². The summed E-state index contributed by atoms with van der Waals surface area (Å²) in [5.74, 6) is 0.856. The van der Waals surface area contributed by atoms with E-state index in [1.54, 1.807) is 13.2 Å². The van der Waals surface area contributed by atoms with Crippen molar-refractivity contribution in [2.45, 2.75) is 82.8 Å². The molecule has 2 aromatic carbocycles. The number of urea groups is 1. The standard InChI is InChI=1S/C40H52N4O6S/c1-26-9-13-33-28(16-26)7-5-15-40(33)22-44-20-30-10-12-32(30)35(48-3)8-4-6-27(2)21-51(47,43-38(46)41-31-18-39(19-31)23-49-24-39)42-37(45)29-11-14-36(50-25-40)34(44)17-29/h4,8-9,11,13-14,16-17,27,30-32,35H,5-7,10,12,15,18-25H2,1-3H3,(H2,41,42,43,45,46,47)/b8-4+/t27-,30-,32+,35-,40-,51?/m0/s1. The Morgan fingerprint density at radius 3 is 2.71 bits per heavy atom. The van der Waals surface area contributed by atoms with Gasteiger partial charge in [0.2, 0.25) is 0 Å². The van der Waals surface area contributed by atoms with Crippen LogP contribution in [-0.4, -0.2) is 74.1 Å². The highest BCUT2D eigenvalue weighted by molar-refractivity contribution is 7.92. The minimum atomic E-state index is -3.46. The summed E-state index contributed by atoms with van der Waals surface area (Å²) >= 11 is 0. The highest BCUT2D eigenvalue weighted by Gasteiger charge is 2.50. The largest absolute Gasteiger partial charge is 0.490 e. The van der Waals surface area contributed by atoms with E-state index in [1.807, 2.05) is 19.1 Å². The quantitative estimate of drug-likeness (QED) is 0.369. The van der Waals surface area contributed by atoms with Crippen molar-refractivity contribution >= 4 is 27.5 Å². The first-order valence-corrected chi connectivity index (χ1v) is 20.5. The molecule has 1 saturated heterocycles. The van der Waals surface area contributed by atoms with Gasteiger partial charge in [0.25, 0.3) is 5.91 Å². The second kappa shape index (κ2) is 13.5. The summed E-state index contributed by atoms with van der Waals surface area (Å²) in [6.07, 6.45) is 11.9. The van der Waals surface area contributed by atoms with E-state index < -0.39 is 21.9 Å². The number of methoxy groups -OCH3 is 1. The molecular formula is C40H52N4O6S. The lowest BCUT2D eigenvalue weighted by molar-refractivity contribution is -0.165. The maximum absolute atomic E-state index is 14.5. The molecule has 1 unspecified atom stereocenters. The molecule has 0 aromatic heterocycles. The fourth-order valence-corrected chi connectivity index (χ4v) is 11.4. The number of carbonyl (C=O) groups is 2. The van der Waals surface area contributed by atoms with Crippen molar-refractivity contribution in [3.63, 3.8) is 0 Å². The number of hydrogen-bond donors (Lipinski definition) is 2. The van der Waals surface area contributed by atoms with Gasteiger partial charge in [0.1, 0.15) is 15.7 Å². The van der Waals surface area contributed by atoms with Crippen molar-refractivity contribution < 1.29 is 28.0 Å². The van der Waals surface area contributed by atoms with Gasteiger partial charge in [0.05, 0.1) is 37.4 Å².